The van der Waals surface area contributed by atoms with Gasteiger partial charge < -0.3 is 15.0 Å². The summed E-state index contributed by atoms with van der Waals surface area (Å²) in [4.78, 5) is 27.3. The van der Waals surface area contributed by atoms with E-state index in [-0.39, 0.29) is 17.8 Å². The number of ether oxygens (including phenoxy) is 1. The maximum absolute atomic E-state index is 13.0. The van der Waals surface area contributed by atoms with E-state index in [1.54, 1.807) is 6.07 Å². The quantitative estimate of drug-likeness (QED) is 0.616. The number of nitrogens with zero attached hydrogens (tertiary/aromatic N) is 4. The number of hydrogen-bond donors (Lipinski definition) is 1. The van der Waals surface area contributed by atoms with Crippen LogP contribution in [0.1, 0.15) is 28.2 Å². The number of amides is 1. The summed E-state index contributed by atoms with van der Waals surface area (Å²) in [6.45, 7) is 2.14. The van der Waals surface area contributed by atoms with Crippen LogP contribution in [-0.2, 0) is 6.18 Å². The molecular formula is C25H22F3N5O2. The highest BCUT2D eigenvalue weighted by atomic mass is 19.4. The Morgan fingerprint density at radius 3 is 2.54 bits per heavy atom. The number of hydrogen-bond acceptors (Lipinski definition) is 6. The number of likely N-dealkylation sites (tertiary alicyclic amines) is 1. The van der Waals surface area contributed by atoms with Crippen LogP contribution < -0.4 is 10.1 Å². The van der Waals surface area contributed by atoms with Gasteiger partial charge in [0.05, 0.1) is 17.7 Å². The minimum Gasteiger partial charge on any atom is -0.491 e. The number of nitrogens with one attached hydrogen (secondary N) is 1. The Morgan fingerprint density at radius 1 is 1.06 bits per heavy atom. The van der Waals surface area contributed by atoms with Crippen LogP contribution in [0, 0.1) is 0 Å². The first kappa shape index (κ1) is 22.8. The number of amidine groups is 1. The summed E-state index contributed by atoms with van der Waals surface area (Å²) >= 11 is 0. The molecule has 10 heteroatoms. The zero-order valence-corrected chi connectivity index (χ0v) is 18.6. The van der Waals surface area contributed by atoms with Gasteiger partial charge in [-0.1, -0.05) is 18.2 Å². The van der Waals surface area contributed by atoms with Crippen LogP contribution in [0.4, 0.5) is 13.2 Å². The molecule has 1 atom stereocenters. The standard InChI is InChI=1S/C25H22F3N5O2/c26-25(27,28)18-5-2-16(3-6-18)17-4-7-21-20(14-17)23(31-11-13-35-21)33-12-8-19(15-33)32-24(34)22-29-9-1-10-30-22/h1-7,9-10,14,19H,8,11-13,15H2,(H,32,34). The van der Waals surface area contributed by atoms with Crippen LogP contribution in [-0.4, -0.2) is 58.9 Å². The van der Waals surface area contributed by atoms with Crippen molar-refractivity contribution in [1.29, 1.82) is 0 Å². The van der Waals surface area contributed by atoms with E-state index in [2.05, 4.69) is 20.2 Å². The monoisotopic (exact) mass is 481 g/mol. The molecule has 1 aromatic heterocycles. The molecule has 2 aliphatic rings. The molecule has 1 fully saturated rings. The van der Waals surface area contributed by atoms with Gasteiger partial charge in [-0.15, -0.1) is 0 Å². The van der Waals surface area contributed by atoms with Gasteiger partial charge in [0.25, 0.3) is 5.91 Å². The molecule has 7 nitrogen and oxygen atoms in total. The number of rotatable bonds is 3. The molecule has 1 saturated heterocycles. The Labute approximate surface area is 199 Å². The minimum atomic E-state index is -4.38. The SMILES string of the molecule is O=C(NC1CCN(C2=NCCOc3ccc(-c4ccc(C(F)(F)F)cc4)cc32)C1)c1ncccn1. The van der Waals surface area contributed by atoms with E-state index >= 15 is 0 Å². The third kappa shape index (κ3) is 4.96. The largest absolute Gasteiger partial charge is 0.491 e. The average molecular weight is 481 g/mol. The van der Waals surface area contributed by atoms with Crippen LogP contribution in [0.15, 0.2) is 65.9 Å². The van der Waals surface area contributed by atoms with E-state index in [1.807, 2.05) is 18.2 Å². The van der Waals surface area contributed by atoms with E-state index < -0.39 is 11.7 Å². The zero-order valence-electron chi connectivity index (χ0n) is 18.6. The normalized spacial score (nSPS) is 17.7. The molecule has 0 spiro atoms. The van der Waals surface area contributed by atoms with Gasteiger partial charge in [0, 0.05) is 31.5 Å². The van der Waals surface area contributed by atoms with Crippen LogP contribution in [0.5, 0.6) is 5.75 Å². The molecule has 1 amide bonds. The summed E-state index contributed by atoms with van der Waals surface area (Å²) in [5, 5.41) is 2.97. The molecule has 3 heterocycles. The van der Waals surface area contributed by atoms with Crippen molar-refractivity contribution in [3.63, 3.8) is 0 Å². The second-order valence-corrected chi connectivity index (χ2v) is 8.32. The fourth-order valence-corrected chi connectivity index (χ4v) is 4.26. The van der Waals surface area contributed by atoms with Crippen LogP contribution in [0.25, 0.3) is 11.1 Å². The topological polar surface area (TPSA) is 79.7 Å². The Kier molecular flexibility index (Phi) is 6.10. The van der Waals surface area contributed by atoms with E-state index in [0.29, 0.717) is 37.6 Å². The molecular weight excluding hydrogens is 459 g/mol. The summed E-state index contributed by atoms with van der Waals surface area (Å²) in [6.07, 6.45) is -0.608. The van der Waals surface area contributed by atoms with Crippen molar-refractivity contribution in [2.45, 2.75) is 18.6 Å². The lowest BCUT2D eigenvalue weighted by Crippen LogP contribution is -2.39. The van der Waals surface area contributed by atoms with Gasteiger partial charge in [0.2, 0.25) is 5.82 Å². The van der Waals surface area contributed by atoms with Crippen molar-refractivity contribution >= 4 is 11.7 Å². The minimum absolute atomic E-state index is 0.0975. The molecule has 0 radical (unpaired) electrons. The van der Waals surface area contributed by atoms with E-state index in [9.17, 15) is 18.0 Å². The lowest BCUT2D eigenvalue weighted by Gasteiger charge is -2.22. The van der Waals surface area contributed by atoms with Crippen LogP contribution >= 0.6 is 0 Å². The molecule has 5 rings (SSSR count). The fraction of sp³-hybridized carbons (Fsp3) is 0.280. The lowest BCUT2D eigenvalue weighted by atomic mass is 10.00. The highest BCUT2D eigenvalue weighted by Crippen LogP contribution is 2.33. The molecule has 180 valence electrons. The first-order valence-corrected chi connectivity index (χ1v) is 11.2. The number of alkyl halides is 3. The smallest absolute Gasteiger partial charge is 0.416 e. The van der Waals surface area contributed by atoms with Gasteiger partial charge in [-0.25, -0.2) is 9.97 Å². The first-order valence-electron chi connectivity index (χ1n) is 11.2. The summed E-state index contributed by atoms with van der Waals surface area (Å²) in [5.41, 5.74) is 1.52. The maximum atomic E-state index is 13.0. The molecule has 1 N–H and O–H groups in total. The third-order valence-corrected chi connectivity index (χ3v) is 5.97. The number of aliphatic imine (C=N–C) groups is 1. The van der Waals surface area contributed by atoms with Gasteiger partial charge in [0.15, 0.2) is 0 Å². The van der Waals surface area contributed by atoms with Crippen molar-refractivity contribution in [3.05, 3.63) is 77.9 Å². The van der Waals surface area contributed by atoms with Crippen molar-refractivity contribution in [2.75, 3.05) is 26.2 Å². The summed E-state index contributed by atoms with van der Waals surface area (Å²) < 4.78 is 44.7. The van der Waals surface area contributed by atoms with Crippen molar-refractivity contribution in [3.8, 4) is 16.9 Å². The number of benzene rings is 2. The van der Waals surface area contributed by atoms with Gasteiger partial charge in [0.1, 0.15) is 18.2 Å². The maximum Gasteiger partial charge on any atom is 0.416 e. The second kappa shape index (κ2) is 9.36. The molecule has 2 aliphatic heterocycles. The predicted octanol–water partition coefficient (Wildman–Crippen LogP) is 3.81. The number of fused-ring (bicyclic) bond motifs is 1. The third-order valence-electron chi connectivity index (χ3n) is 5.97. The highest BCUT2D eigenvalue weighted by molar-refractivity contribution is 6.02. The lowest BCUT2D eigenvalue weighted by molar-refractivity contribution is -0.137. The number of carbonyl (C=O) groups excluding carboxylic acids is 1. The highest BCUT2D eigenvalue weighted by Gasteiger charge is 2.31. The second-order valence-electron chi connectivity index (χ2n) is 8.32. The molecule has 0 saturated carbocycles. The van der Waals surface area contributed by atoms with Gasteiger partial charge >= 0.3 is 6.18 Å². The summed E-state index contributed by atoms with van der Waals surface area (Å²) in [6, 6.07) is 12.2. The molecule has 35 heavy (non-hydrogen) atoms. The fourth-order valence-electron chi connectivity index (χ4n) is 4.26. The Hall–Kier alpha value is -3.95. The Bertz CT molecular complexity index is 1250. The van der Waals surface area contributed by atoms with Crippen LogP contribution in [0.2, 0.25) is 0 Å². The van der Waals surface area contributed by atoms with E-state index in [4.69, 9.17) is 9.73 Å². The molecule has 2 aromatic carbocycles. The number of halogens is 3. The molecule has 0 bridgehead atoms. The summed E-state index contributed by atoms with van der Waals surface area (Å²) in [7, 11) is 0. The Balaban J connectivity index is 1.36. The number of carbonyl (C=O) groups is 1. The Morgan fingerprint density at radius 2 is 1.80 bits per heavy atom. The number of aromatic nitrogens is 2. The van der Waals surface area contributed by atoms with Gasteiger partial charge in [-0.2, -0.15) is 13.2 Å². The van der Waals surface area contributed by atoms with Crippen LogP contribution in [0.3, 0.4) is 0 Å². The predicted molar refractivity (Wildman–Crippen MR) is 123 cm³/mol. The molecule has 1 unspecified atom stereocenters. The van der Waals surface area contributed by atoms with Crippen molar-refractivity contribution in [2.24, 2.45) is 4.99 Å². The average Bonchev–Trinajstić information content (AvgIpc) is 3.21. The van der Waals surface area contributed by atoms with Gasteiger partial charge in [-0.3, -0.25) is 9.79 Å². The van der Waals surface area contributed by atoms with E-state index in [0.717, 1.165) is 35.5 Å². The molecule has 0 aliphatic carbocycles. The van der Waals surface area contributed by atoms with Crippen molar-refractivity contribution in [1.82, 2.24) is 20.2 Å². The molecule has 3 aromatic rings. The van der Waals surface area contributed by atoms with Crippen molar-refractivity contribution < 1.29 is 22.7 Å². The zero-order chi connectivity index (χ0) is 24.4. The first-order chi connectivity index (χ1) is 16.9. The van der Waals surface area contributed by atoms with E-state index in [1.165, 1.54) is 24.5 Å². The summed E-state index contributed by atoms with van der Waals surface area (Å²) in [5.74, 6) is 1.22. The van der Waals surface area contributed by atoms with Gasteiger partial charge in [-0.05, 0) is 47.9 Å².